The Balaban J connectivity index is 2.54. The van der Waals surface area contributed by atoms with E-state index in [-0.39, 0.29) is 0 Å². The lowest BCUT2D eigenvalue weighted by Gasteiger charge is -2.14. The summed E-state index contributed by atoms with van der Waals surface area (Å²) in [5.41, 5.74) is 0. The van der Waals surface area contributed by atoms with Crippen LogP contribution in [0.4, 0.5) is 0 Å². The Hall–Kier alpha value is -0.900. The van der Waals surface area contributed by atoms with Crippen LogP contribution >= 0.6 is 0 Å². The van der Waals surface area contributed by atoms with E-state index in [0.717, 1.165) is 44.0 Å². The molecule has 0 saturated heterocycles. The first kappa shape index (κ1) is 14.2. The van der Waals surface area contributed by atoms with Crippen LogP contribution in [0.3, 0.4) is 0 Å². The number of rotatable bonds is 8. The average molecular weight is 238 g/mol. The van der Waals surface area contributed by atoms with Crippen LogP contribution in [-0.4, -0.2) is 27.9 Å². The summed E-state index contributed by atoms with van der Waals surface area (Å²) < 4.78 is 2.10. The Morgan fingerprint density at radius 3 is 2.53 bits per heavy atom. The normalized spacial score (nSPS) is 12.9. The second kappa shape index (κ2) is 7.43. The van der Waals surface area contributed by atoms with E-state index in [1.54, 1.807) is 0 Å². The molecule has 1 unspecified atom stereocenters. The predicted molar refractivity (Wildman–Crippen MR) is 71.3 cm³/mol. The molecule has 0 fully saturated rings. The third-order valence-electron chi connectivity index (χ3n) is 2.96. The number of nitrogens with zero attached hydrogens (tertiary/aromatic N) is 3. The number of nitrogens with one attached hydrogen (secondary N) is 1. The summed E-state index contributed by atoms with van der Waals surface area (Å²) in [4.78, 5) is 4.54. The van der Waals surface area contributed by atoms with Crippen molar-refractivity contribution in [3.05, 3.63) is 11.6 Å². The van der Waals surface area contributed by atoms with E-state index in [9.17, 15) is 0 Å². The minimum atomic E-state index is 0.433. The van der Waals surface area contributed by atoms with E-state index in [1.165, 1.54) is 6.42 Å². The van der Waals surface area contributed by atoms with Crippen LogP contribution in [-0.2, 0) is 12.8 Å². The molecule has 0 saturated carbocycles. The molecule has 0 radical (unpaired) electrons. The van der Waals surface area contributed by atoms with Crippen LogP contribution in [0.15, 0.2) is 0 Å². The zero-order valence-corrected chi connectivity index (χ0v) is 11.7. The van der Waals surface area contributed by atoms with Crippen molar-refractivity contribution < 1.29 is 0 Å². The molecule has 0 aliphatic rings. The molecule has 1 aromatic rings. The maximum atomic E-state index is 4.58. The molecule has 17 heavy (non-hydrogen) atoms. The quantitative estimate of drug-likeness (QED) is 0.707. The Kier molecular flexibility index (Phi) is 6.19. The van der Waals surface area contributed by atoms with Crippen LogP contribution < -0.4 is 5.32 Å². The Morgan fingerprint density at radius 2 is 1.94 bits per heavy atom. The molecule has 1 aromatic heterocycles. The van der Waals surface area contributed by atoms with E-state index in [1.807, 2.05) is 0 Å². The van der Waals surface area contributed by atoms with Crippen molar-refractivity contribution in [2.75, 3.05) is 13.1 Å². The monoisotopic (exact) mass is 238 g/mol. The summed E-state index contributed by atoms with van der Waals surface area (Å²) in [6.45, 7) is 10.8. The Labute approximate surface area is 105 Å². The van der Waals surface area contributed by atoms with Crippen LogP contribution in [0.25, 0.3) is 0 Å². The fraction of sp³-hybridized carbons (Fsp3) is 0.846. The van der Waals surface area contributed by atoms with E-state index < -0.39 is 0 Å². The van der Waals surface area contributed by atoms with Gasteiger partial charge in [-0.15, -0.1) is 0 Å². The van der Waals surface area contributed by atoms with Crippen molar-refractivity contribution in [1.82, 2.24) is 20.1 Å². The Bertz CT molecular complexity index is 319. The van der Waals surface area contributed by atoms with Gasteiger partial charge in [0.15, 0.2) is 5.82 Å². The minimum absolute atomic E-state index is 0.433. The molecule has 0 spiro atoms. The molecule has 4 heteroatoms. The molecule has 0 aromatic carbocycles. The molecule has 1 N–H and O–H groups in total. The van der Waals surface area contributed by atoms with Gasteiger partial charge in [0.1, 0.15) is 5.82 Å². The molecule has 0 aliphatic carbocycles. The zero-order valence-electron chi connectivity index (χ0n) is 11.7. The van der Waals surface area contributed by atoms with Gasteiger partial charge < -0.3 is 5.32 Å². The van der Waals surface area contributed by atoms with Crippen LogP contribution in [0.2, 0.25) is 0 Å². The zero-order chi connectivity index (χ0) is 12.7. The first-order valence-electron chi connectivity index (χ1n) is 6.87. The van der Waals surface area contributed by atoms with E-state index in [2.05, 4.69) is 47.8 Å². The lowest BCUT2D eigenvalue weighted by atomic mass is 10.2. The molecular formula is C13H26N4. The fourth-order valence-electron chi connectivity index (χ4n) is 1.88. The van der Waals surface area contributed by atoms with Gasteiger partial charge in [0.2, 0.25) is 0 Å². The highest BCUT2D eigenvalue weighted by Crippen LogP contribution is 2.12. The van der Waals surface area contributed by atoms with Crippen LogP contribution in [0, 0.1) is 0 Å². The van der Waals surface area contributed by atoms with E-state index in [4.69, 9.17) is 0 Å². The number of hydrogen-bond donors (Lipinski definition) is 1. The molecular weight excluding hydrogens is 212 g/mol. The lowest BCUT2D eigenvalue weighted by molar-refractivity contribution is 0.428. The highest BCUT2D eigenvalue weighted by molar-refractivity contribution is 4.94. The SMILES string of the molecule is CCCNCCC(C)n1nc(CC)nc1CC. The first-order valence-corrected chi connectivity index (χ1v) is 6.87. The van der Waals surface area contributed by atoms with Gasteiger partial charge >= 0.3 is 0 Å². The van der Waals surface area contributed by atoms with Gasteiger partial charge in [-0.2, -0.15) is 5.10 Å². The van der Waals surface area contributed by atoms with Gasteiger partial charge in [-0.05, 0) is 32.9 Å². The van der Waals surface area contributed by atoms with Crippen LogP contribution in [0.5, 0.6) is 0 Å². The Morgan fingerprint density at radius 1 is 1.18 bits per heavy atom. The van der Waals surface area contributed by atoms with Gasteiger partial charge in [0.25, 0.3) is 0 Å². The van der Waals surface area contributed by atoms with Crippen molar-refractivity contribution in [3.63, 3.8) is 0 Å². The number of aryl methyl sites for hydroxylation is 2. The van der Waals surface area contributed by atoms with Gasteiger partial charge in [-0.1, -0.05) is 20.8 Å². The molecule has 1 atom stereocenters. The molecule has 0 aliphatic heterocycles. The van der Waals surface area contributed by atoms with Crippen molar-refractivity contribution in [1.29, 1.82) is 0 Å². The van der Waals surface area contributed by atoms with Gasteiger partial charge in [0.05, 0.1) is 6.04 Å². The summed E-state index contributed by atoms with van der Waals surface area (Å²) >= 11 is 0. The largest absolute Gasteiger partial charge is 0.317 e. The molecule has 98 valence electrons. The first-order chi connectivity index (χ1) is 8.22. The van der Waals surface area contributed by atoms with Gasteiger partial charge in [-0.25, -0.2) is 9.67 Å². The molecule has 0 bridgehead atoms. The summed E-state index contributed by atoms with van der Waals surface area (Å²) in [5, 5.41) is 8.01. The van der Waals surface area contributed by atoms with Crippen molar-refractivity contribution >= 4 is 0 Å². The van der Waals surface area contributed by atoms with Gasteiger partial charge in [0, 0.05) is 12.8 Å². The number of hydrogen-bond acceptors (Lipinski definition) is 3. The summed E-state index contributed by atoms with van der Waals surface area (Å²) in [6.07, 6.45) is 4.18. The third-order valence-corrected chi connectivity index (χ3v) is 2.96. The molecule has 0 amide bonds. The number of aromatic nitrogens is 3. The van der Waals surface area contributed by atoms with Gasteiger partial charge in [-0.3, -0.25) is 0 Å². The van der Waals surface area contributed by atoms with Crippen LogP contribution in [0.1, 0.15) is 58.2 Å². The summed E-state index contributed by atoms with van der Waals surface area (Å²) in [5.74, 6) is 2.08. The van der Waals surface area contributed by atoms with E-state index >= 15 is 0 Å². The van der Waals surface area contributed by atoms with Crippen molar-refractivity contribution in [2.45, 2.75) is 59.4 Å². The third kappa shape index (κ3) is 4.11. The fourth-order valence-corrected chi connectivity index (χ4v) is 1.88. The molecule has 4 nitrogen and oxygen atoms in total. The topological polar surface area (TPSA) is 42.7 Å². The summed E-state index contributed by atoms with van der Waals surface area (Å²) in [7, 11) is 0. The summed E-state index contributed by atoms with van der Waals surface area (Å²) in [6, 6.07) is 0.433. The predicted octanol–water partition coefficient (Wildman–Crippen LogP) is 2.35. The average Bonchev–Trinajstić information content (AvgIpc) is 2.77. The highest BCUT2D eigenvalue weighted by Gasteiger charge is 2.12. The maximum absolute atomic E-state index is 4.58. The van der Waals surface area contributed by atoms with E-state index in [0.29, 0.717) is 6.04 Å². The standard InChI is InChI=1S/C13H26N4/c1-5-9-14-10-8-11(4)17-13(7-3)15-12(6-2)16-17/h11,14H,5-10H2,1-4H3. The molecule has 1 heterocycles. The second-order valence-corrected chi connectivity index (χ2v) is 4.48. The lowest BCUT2D eigenvalue weighted by Crippen LogP contribution is -2.20. The second-order valence-electron chi connectivity index (χ2n) is 4.48. The smallest absolute Gasteiger partial charge is 0.150 e. The maximum Gasteiger partial charge on any atom is 0.150 e. The molecule has 1 rings (SSSR count). The van der Waals surface area contributed by atoms with Crippen molar-refractivity contribution in [2.24, 2.45) is 0 Å². The highest BCUT2D eigenvalue weighted by atomic mass is 15.4. The minimum Gasteiger partial charge on any atom is -0.317 e. The van der Waals surface area contributed by atoms with Crippen molar-refractivity contribution in [3.8, 4) is 0 Å².